The summed E-state index contributed by atoms with van der Waals surface area (Å²) < 4.78 is 5.90. The number of benzene rings is 1. The molecule has 1 aromatic carbocycles. The van der Waals surface area contributed by atoms with Crippen LogP contribution in [-0.2, 0) is 6.42 Å². The molecule has 1 aromatic heterocycles. The van der Waals surface area contributed by atoms with E-state index in [-0.39, 0.29) is 6.04 Å². The van der Waals surface area contributed by atoms with E-state index in [4.69, 9.17) is 21.9 Å². The van der Waals surface area contributed by atoms with E-state index < -0.39 is 0 Å². The maximum absolute atomic E-state index is 5.95. The summed E-state index contributed by atoms with van der Waals surface area (Å²) in [5, 5.41) is 0.726. The van der Waals surface area contributed by atoms with Crippen molar-refractivity contribution in [1.82, 2.24) is 5.43 Å². The van der Waals surface area contributed by atoms with Gasteiger partial charge in [-0.3, -0.25) is 11.3 Å². The minimum absolute atomic E-state index is 0.0124. The monoisotopic (exact) mass is 314 g/mol. The maximum atomic E-state index is 5.95. The van der Waals surface area contributed by atoms with Gasteiger partial charge in [-0.2, -0.15) is 0 Å². The van der Waals surface area contributed by atoms with Crippen LogP contribution in [0.1, 0.15) is 17.2 Å². The molecule has 1 heterocycles. The average Bonchev–Trinajstić information content (AvgIpc) is 2.72. The van der Waals surface area contributed by atoms with Crippen LogP contribution < -0.4 is 11.3 Å². The van der Waals surface area contributed by atoms with Gasteiger partial charge in [0.05, 0.1) is 12.3 Å². The van der Waals surface area contributed by atoms with E-state index in [0.29, 0.717) is 4.67 Å². The average molecular weight is 316 g/mol. The van der Waals surface area contributed by atoms with Crippen molar-refractivity contribution >= 4 is 27.5 Å². The summed E-state index contributed by atoms with van der Waals surface area (Å²) in [4.78, 5) is 0. The Hall–Kier alpha value is -0.810. The normalized spacial score (nSPS) is 12.6. The molecule has 0 spiro atoms. The third kappa shape index (κ3) is 3.10. The van der Waals surface area contributed by atoms with Crippen molar-refractivity contribution in [2.24, 2.45) is 5.84 Å². The van der Waals surface area contributed by atoms with Gasteiger partial charge in [0.1, 0.15) is 0 Å². The lowest BCUT2D eigenvalue weighted by Gasteiger charge is -2.15. The summed E-state index contributed by atoms with van der Waals surface area (Å²) in [6, 6.07) is 9.60. The molecular formula is C12H12BrClN2O. The first-order valence-electron chi connectivity index (χ1n) is 5.14. The van der Waals surface area contributed by atoms with E-state index in [0.717, 1.165) is 22.6 Å². The fraction of sp³-hybridized carbons (Fsp3) is 0.167. The first-order valence-corrected chi connectivity index (χ1v) is 6.31. The highest BCUT2D eigenvalue weighted by Gasteiger charge is 2.15. The molecule has 0 amide bonds. The molecule has 0 bridgehead atoms. The molecular weight excluding hydrogens is 304 g/mol. The number of rotatable bonds is 4. The van der Waals surface area contributed by atoms with Crippen molar-refractivity contribution < 1.29 is 4.42 Å². The molecule has 3 nitrogen and oxygen atoms in total. The predicted molar refractivity (Wildman–Crippen MR) is 71.6 cm³/mol. The van der Waals surface area contributed by atoms with Crippen LogP contribution >= 0.6 is 27.5 Å². The van der Waals surface area contributed by atoms with E-state index in [1.165, 1.54) is 0 Å². The molecule has 0 aliphatic rings. The Labute approximate surface area is 113 Å². The van der Waals surface area contributed by atoms with E-state index in [2.05, 4.69) is 21.4 Å². The number of hydrazine groups is 1. The molecule has 5 heteroatoms. The summed E-state index contributed by atoms with van der Waals surface area (Å²) in [6.07, 6.45) is 2.37. The predicted octanol–water partition coefficient (Wildman–Crippen LogP) is 3.44. The second-order valence-electron chi connectivity index (χ2n) is 3.70. The standard InChI is InChI=1S/C12H12BrClN2O/c13-12-10(4-5-17-12)11(16-15)7-8-2-1-3-9(14)6-8/h1-6,11,16H,7,15H2. The van der Waals surface area contributed by atoms with Gasteiger partial charge in [-0.1, -0.05) is 23.7 Å². The summed E-state index contributed by atoms with van der Waals surface area (Å²) in [7, 11) is 0. The zero-order valence-corrected chi connectivity index (χ0v) is 11.3. The molecule has 3 N–H and O–H groups in total. The lowest BCUT2D eigenvalue weighted by molar-refractivity contribution is 0.507. The zero-order valence-electron chi connectivity index (χ0n) is 8.99. The minimum atomic E-state index is -0.0124. The second kappa shape index (κ2) is 5.69. The lowest BCUT2D eigenvalue weighted by Crippen LogP contribution is -2.29. The van der Waals surface area contributed by atoms with Crippen LogP contribution in [0, 0.1) is 0 Å². The summed E-state index contributed by atoms with van der Waals surface area (Å²) in [5.41, 5.74) is 4.89. The molecule has 2 aromatic rings. The second-order valence-corrected chi connectivity index (χ2v) is 4.86. The third-order valence-corrected chi connectivity index (χ3v) is 3.43. The number of halogens is 2. The third-order valence-electron chi connectivity index (χ3n) is 2.55. The molecule has 1 unspecified atom stereocenters. The van der Waals surface area contributed by atoms with Gasteiger partial charge in [0.25, 0.3) is 0 Å². The molecule has 0 radical (unpaired) electrons. The Morgan fingerprint density at radius 1 is 1.41 bits per heavy atom. The largest absolute Gasteiger partial charge is 0.457 e. The van der Waals surface area contributed by atoms with Crippen LogP contribution in [0.25, 0.3) is 0 Å². The molecule has 0 aliphatic carbocycles. The van der Waals surface area contributed by atoms with E-state index in [1.54, 1.807) is 6.26 Å². The molecule has 0 aliphatic heterocycles. The maximum Gasteiger partial charge on any atom is 0.173 e. The first-order chi connectivity index (χ1) is 8.20. The Morgan fingerprint density at radius 3 is 2.82 bits per heavy atom. The molecule has 2 rings (SSSR count). The van der Waals surface area contributed by atoms with Crippen LogP contribution in [-0.4, -0.2) is 0 Å². The first kappa shape index (κ1) is 12.6. The molecule has 90 valence electrons. The molecule has 0 fully saturated rings. The summed E-state index contributed by atoms with van der Waals surface area (Å²) >= 11 is 9.30. The van der Waals surface area contributed by atoms with Gasteiger partial charge in [0.2, 0.25) is 0 Å². The van der Waals surface area contributed by atoms with Crippen molar-refractivity contribution in [3.8, 4) is 0 Å². The van der Waals surface area contributed by atoms with Gasteiger partial charge in [-0.15, -0.1) is 0 Å². The Morgan fingerprint density at radius 2 is 2.24 bits per heavy atom. The van der Waals surface area contributed by atoms with E-state index in [9.17, 15) is 0 Å². The van der Waals surface area contributed by atoms with Crippen molar-refractivity contribution in [3.05, 3.63) is 57.4 Å². The van der Waals surface area contributed by atoms with Gasteiger partial charge in [-0.05, 0) is 46.1 Å². The summed E-state index contributed by atoms with van der Waals surface area (Å²) in [6.45, 7) is 0. The minimum Gasteiger partial charge on any atom is -0.457 e. The lowest BCUT2D eigenvalue weighted by atomic mass is 10.0. The van der Waals surface area contributed by atoms with E-state index in [1.807, 2.05) is 30.3 Å². The molecule has 1 atom stereocenters. The molecule has 0 saturated carbocycles. The van der Waals surface area contributed by atoms with Gasteiger partial charge >= 0.3 is 0 Å². The smallest absolute Gasteiger partial charge is 0.173 e. The number of hydrogen-bond donors (Lipinski definition) is 2. The van der Waals surface area contributed by atoms with Gasteiger partial charge in [0, 0.05) is 10.6 Å². The Balaban J connectivity index is 2.19. The number of nitrogens with two attached hydrogens (primary N) is 1. The highest BCUT2D eigenvalue weighted by Crippen LogP contribution is 2.27. The van der Waals surface area contributed by atoms with Crippen molar-refractivity contribution in [1.29, 1.82) is 0 Å². The Bertz CT molecular complexity index is 501. The van der Waals surface area contributed by atoms with Crippen LogP contribution in [0.2, 0.25) is 5.02 Å². The zero-order chi connectivity index (χ0) is 12.3. The molecule has 17 heavy (non-hydrogen) atoms. The number of hydrogen-bond acceptors (Lipinski definition) is 3. The SMILES string of the molecule is NNC(Cc1cccc(Cl)c1)c1ccoc1Br. The van der Waals surface area contributed by atoms with Crippen molar-refractivity contribution in [2.45, 2.75) is 12.5 Å². The Kier molecular flexibility index (Phi) is 4.23. The van der Waals surface area contributed by atoms with Crippen LogP contribution in [0.4, 0.5) is 0 Å². The van der Waals surface area contributed by atoms with Crippen LogP contribution in [0.15, 0.2) is 45.7 Å². The quantitative estimate of drug-likeness (QED) is 0.671. The number of nitrogens with one attached hydrogen (secondary N) is 1. The molecule has 0 saturated heterocycles. The highest BCUT2D eigenvalue weighted by molar-refractivity contribution is 9.10. The topological polar surface area (TPSA) is 51.2 Å². The van der Waals surface area contributed by atoms with Gasteiger partial charge in [0.15, 0.2) is 4.67 Å². The number of furan rings is 1. The fourth-order valence-corrected chi connectivity index (χ4v) is 2.44. The fourth-order valence-electron chi connectivity index (χ4n) is 1.71. The van der Waals surface area contributed by atoms with Crippen molar-refractivity contribution in [3.63, 3.8) is 0 Å². The van der Waals surface area contributed by atoms with Crippen LogP contribution in [0.3, 0.4) is 0 Å². The summed E-state index contributed by atoms with van der Waals surface area (Å²) in [5.74, 6) is 5.57. The van der Waals surface area contributed by atoms with Gasteiger partial charge < -0.3 is 4.42 Å². The van der Waals surface area contributed by atoms with Gasteiger partial charge in [-0.25, -0.2) is 0 Å². The highest BCUT2D eigenvalue weighted by atomic mass is 79.9. The van der Waals surface area contributed by atoms with Crippen molar-refractivity contribution in [2.75, 3.05) is 0 Å². The van der Waals surface area contributed by atoms with E-state index >= 15 is 0 Å². The van der Waals surface area contributed by atoms with Crippen LogP contribution in [0.5, 0.6) is 0 Å².